The average molecular weight is 409 g/mol. The molecule has 1 heterocycles. The normalized spacial score (nSPS) is 12.2. The van der Waals surface area contributed by atoms with E-state index >= 15 is 0 Å². The van der Waals surface area contributed by atoms with Gasteiger partial charge in [0, 0.05) is 11.4 Å². The molecule has 0 saturated heterocycles. The Kier molecular flexibility index (Phi) is 6.50. The molecule has 0 saturated carbocycles. The highest BCUT2D eigenvalue weighted by atomic mass is 32.2. The third-order valence-corrected chi connectivity index (χ3v) is 7.04. The molecule has 2 aromatic rings. The number of thiophene rings is 1. The van der Waals surface area contributed by atoms with E-state index in [9.17, 15) is 13.2 Å². The Morgan fingerprint density at radius 2 is 1.74 bits per heavy atom. The summed E-state index contributed by atoms with van der Waals surface area (Å²) in [6, 6.07) is 7.52. The molecular weight excluding hydrogens is 380 g/mol. The number of hydrogen-bond donors (Lipinski definition) is 2. The van der Waals surface area contributed by atoms with Crippen molar-refractivity contribution in [1.82, 2.24) is 5.32 Å². The number of nitrogens with one attached hydrogen (secondary N) is 1. The number of carbonyl (C=O) groups is 1. The van der Waals surface area contributed by atoms with Crippen LogP contribution in [-0.4, -0.2) is 20.9 Å². The quantitative estimate of drug-likeness (QED) is 0.769. The Bertz CT molecular complexity index is 915. The van der Waals surface area contributed by atoms with Gasteiger partial charge in [-0.3, -0.25) is 4.79 Å². The van der Waals surface area contributed by atoms with Gasteiger partial charge in [0.15, 0.2) is 0 Å². The average Bonchev–Trinajstić information content (AvgIpc) is 2.97. The summed E-state index contributed by atoms with van der Waals surface area (Å²) < 4.78 is 22.7. The van der Waals surface area contributed by atoms with Gasteiger partial charge in [0.1, 0.15) is 4.21 Å². The highest BCUT2D eigenvalue weighted by molar-refractivity contribution is 7.91. The maximum atomic E-state index is 12.1. The van der Waals surface area contributed by atoms with E-state index in [-0.39, 0.29) is 22.0 Å². The van der Waals surface area contributed by atoms with E-state index in [4.69, 9.17) is 5.14 Å². The van der Waals surface area contributed by atoms with E-state index in [1.165, 1.54) is 28.3 Å². The lowest BCUT2D eigenvalue weighted by Crippen LogP contribution is -2.27. The predicted octanol–water partition coefficient (Wildman–Crippen LogP) is 3.21. The van der Waals surface area contributed by atoms with Crippen LogP contribution in [0.15, 0.2) is 28.5 Å². The summed E-state index contributed by atoms with van der Waals surface area (Å²) in [5, 5.41) is 8.01. The summed E-state index contributed by atoms with van der Waals surface area (Å²) in [5.41, 5.74) is 5.17. The van der Waals surface area contributed by atoms with Crippen molar-refractivity contribution >= 4 is 27.3 Å². The standard InChI is InChI=1S/C20H28N2O3S2/c1-13-10-15(20(3,4)5)11-14(2)17(13)8-9-22-18(23)12-16-6-7-19(26-16)27(21,24)25/h6-7,10-11H,8-9,12H2,1-5H3,(H,22,23)(H2,21,24,25). The molecule has 7 heteroatoms. The van der Waals surface area contributed by atoms with Gasteiger partial charge >= 0.3 is 0 Å². The van der Waals surface area contributed by atoms with Crippen LogP contribution in [0.25, 0.3) is 0 Å². The highest BCUT2D eigenvalue weighted by Crippen LogP contribution is 2.27. The molecule has 1 aromatic heterocycles. The second-order valence-corrected chi connectivity index (χ2v) is 10.8. The number of benzene rings is 1. The first kappa shape index (κ1) is 21.6. The molecule has 148 valence electrons. The fourth-order valence-corrected chi connectivity index (χ4v) is 4.75. The molecule has 0 aliphatic heterocycles. The number of aryl methyl sites for hydroxylation is 2. The Morgan fingerprint density at radius 1 is 1.15 bits per heavy atom. The molecule has 0 fully saturated rings. The molecule has 2 rings (SSSR count). The smallest absolute Gasteiger partial charge is 0.247 e. The summed E-state index contributed by atoms with van der Waals surface area (Å²) in [6.07, 6.45) is 0.918. The molecule has 0 unspecified atom stereocenters. The topological polar surface area (TPSA) is 89.3 Å². The van der Waals surface area contributed by atoms with Crippen molar-refractivity contribution in [3.8, 4) is 0 Å². The third kappa shape index (κ3) is 5.89. The minimum absolute atomic E-state index is 0.0792. The van der Waals surface area contributed by atoms with E-state index < -0.39 is 10.0 Å². The van der Waals surface area contributed by atoms with Crippen molar-refractivity contribution in [3.05, 3.63) is 51.4 Å². The number of carbonyl (C=O) groups excluding carboxylic acids is 1. The van der Waals surface area contributed by atoms with E-state index in [0.717, 1.165) is 17.8 Å². The minimum atomic E-state index is -3.71. The Labute approximate surface area is 166 Å². The van der Waals surface area contributed by atoms with Crippen molar-refractivity contribution in [2.75, 3.05) is 6.54 Å². The highest BCUT2D eigenvalue weighted by Gasteiger charge is 2.17. The summed E-state index contributed by atoms with van der Waals surface area (Å²) in [5.74, 6) is -0.126. The molecule has 0 radical (unpaired) electrons. The van der Waals surface area contributed by atoms with Crippen molar-refractivity contribution in [2.45, 2.75) is 57.1 Å². The van der Waals surface area contributed by atoms with Crippen LogP contribution in [0.1, 0.15) is 47.9 Å². The van der Waals surface area contributed by atoms with Gasteiger partial charge in [-0.2, -0.15) is 0 Å². The fourth-order valence-electron chi connectivity index (χ4n) is 2.97. The first-order valence-electron chi connectivity index (χ1n) is 8.87. The first-order valence-corrected chi connectivity index (χ1v) is 11.2. The van der Waals surface area contributed by atoms with Crippen LogP contribution >= 0.6 is 11.3 Å². The molecule has 3 N–H and O–H groups in total. The predicted molar refractivity (Wildman–Crippen MR) is 111 cm³/mol. The maximum Gasteiger partial charge on any atom is 0.247 e. The van der Waals surface area contributed by atoms with Crippen LogP contribution in [-0.2, 0) is 33.1 Å². The van der Waals surface area contributed by atoms with Crippen LogP contribution < -0.4 is 10.5 Å². The number of rotatable bonds is 6. The summed E-state index contributed by atoms with van der Waals surface area (Å²) in [6.45, 7) is 11.4. The zero-order chi connectivity index (χ0) is 20.4. The Morgan fingerprint density at radius 3 is 2.22 bits per heavy atom. The van der Waals surface area contributed by atoms with Gasteiger partial charge in [-0.15, -0.1) is 11.3 Å². The lowest BCUT2D eigenvalue weighted by molar-refractivity contribution is -0.120. The van der Waals surface area contributed by atoms with E-state index in [1.54, 1.807) is 6.07 Å². The molecule has 0 spiro atoms. The number of nitrogens with two attached hydrogens (primary N) is 1. The lowest BCUT2D eigenvalue weighted by Gasteiger charge is -2.22. The largest absolute Gasteiger partial charge is 0.355 e. The molecule has 0 aliphatic rings. The van der Waals surface area contributed by atoms with Crippen molar-refractivity contribution in [1.29, 1.82) is 0 Å². The van der Waals surface area contributed by atoms with Crippen molar-refractivity contribution < 1.29 is 13.2 Å². The van der Waals surface area contributed by atoms with Crippen LogP contribution in [0.4, 0.5) is 0 Å². The molecule has 0 aliphatic carbocycles. The van der Waals surface area contributed by atoms with Gasteiger partial charge in [0.05, 0.1) is 6.42 Å². The first-order chi connectivity index (χ1) is 12.4. The van der Waals surface area contributed by atoms with Gasteiger partial charge in [0.2, 0.25) is 15.9 Å². The van der Waals surface area contributed by atoms with E-state index in [2.05, 4.69) is 52.1 Å². The van der Waals surface area contributed by atoms with Crippen LogP contribution in [0.5, 0.6) is 0 Å². The Hall–Kier alpha value is -1.70. The molecule has 1 amide bonds. The molecule has 5 nitrogen and oxygen atoms in total. The van der Waals surface area contributed by atoms with Crippen molar-refractivity contribution in [2.24, 2.45) is 5.14 Å². The summed E-state index contributed by atoms with van der Waals surface area (Å²) in [4.78, 5) is 12.8. The molecule has 0 bridgehead atoms. The second-order valence-electron chi connectivity index (χ2n) is 7.88. The minimum Gasteiger partial charge on any atom is -0.355 e. The number of primary sulfonamides is 1. The Balaban J connectivity index is 1.94. The van der Waals surface area contributed by atoms with Crippen LogP contribution in [0, 0.1) is 13.8 Å². The van der Waals surface area contributed by atoms with E-state index in [1.807, 2.05) is 0 Å². The van der Waals surface area contributed by atoms with Gasteiger partial charge in [-0.25, -0.2) is 13.6 Å². The number of sulfonamides is 1. The monoisotopic (exact) mass is 408 g/mol. The zero-order valence-electron chi connectivity index (χ0n) is 16.5. The van der Waals surface area contributed by atoms with Crippen molar-refractivity contribution in [3.63, 3.8) is 0 Å². The summed E-state index contributed by atoms with van der Waals surface area (Å²) >= 11 is 1.03. The molecule has 0 atom stereocenters. The molecule has 1 aromatic carbocycles. The van der Waals surface area contributed by atoms with Gasteiger partial charge < -0.3 is 5.32 Å². The summed E-state index contributed by atoms with van der Waals surface area (Å²) in [7, 11) is -3.71. The van der Waals surface area contributed by atoms with Crippen LogP contribution in [0.3, 0.4) is 0 Å². The third-order valence-electron chi connectivity index (χ3n) is 4.51. The van der Waals surface area contributed by atoms with Gasteiger partial charge in [0.25, 0.3) is 0 Å². The van der Waals surface area contributed by atoms with Gasteiger partial charge in [-0.1, -0.05) is 32.9 Å². The number of amides is 1. The maximum absolute atomic E-state index is 12.1. The van der Waals surface area contributed by atoms with Crippen LogP contribution in [0.2, 0.25) is 0 Å². The molecular formula is C20H28N2O3S2. The SMILES string of the molecule is Cc1cc(C(C)(C)C)cc(C)c1CCNC(=O)Cc1ccc(S(N)(=O)=O)s1. The number of hydrogen-bond acceptors (Lipinski definition) is 4. The fraction of sp³-hybridized carbons (Fsp3) is 0.450. The lowest BCUT2D eigenvalue weighted by atomic mass is 9.83. The van der Waals surface area contributed by atoms with Gasteiger partial charge in [-0.05, 0) is 60.1 Å². The zero-order valence-corrected chi connectivity index (χ0v) is 18.2. The molecule has 27 heavy (non-hydrogen) atoms. The second kappa shape index (κ2) is 8.12. The van der Waals surface area contributed by atoms with E-state index in [0.29, 0.717) is 11.4 Å².